The van der Waals surface area contributed by atoms with Crippen molar-refractivity contribution in [1.29, 1.82) is 0 Å². The molecule has 1 aromatic carbocycles. The molecule has 0 spiro atoms. The number of amides is 1. The third-order valence-corrected chi connectivity index (χ3v) is 3.44. The van der Waals surface area contributed by atoms with E-state index in [1.807, 2.05) is 30.0 Å². The molecule has 2 N–H and O–H groups in total. The standard InChI is InChI=1S/C14H19ClN2O2.ClH/c1-10(16)8-14(18)17-7-6-11(9-17)19-13-5-3-2-4-12(13)15;/h2-5,10-11H,6-9,16H2,1H3;1H. The minimum absolute atomic E-state index is 0. The van der Waals surface area contributed by atoms with Gasteiger partial charge < -0.3 is 15.4 Å². The second-order valence-electron chi connectivity index (χ2n) is 4.98. The third-order valence-electron chi connectivity index (χ3n) is 3.12. The fraction of sp³-hybridized carbons (Fsp3) is 0.500. The maximum absolute atomic E-state index is 11.9. The van der Waals surface area contributed by atoms with E-state index in [0.29, 0.717) is 23.7 Å². The maximum atomic E-state index is 11.9. The molecular formula is C14H20Cl2N2O2. The second-order valence-corrected chi connectivity index (χ2v) is 5.39. The van der Waals surface area contributed by atoms with Crippen LogP contribution in [0.25, 0.3) is 0 Å². The van der Waals surface area contributed by atoms with Crippen molar-refractivity contribution in [1.82, 2.24) is 4.90 Å². The number of hydrogen-bond acceptors (Lipinski definition) is 3. The van der Waals surface area contributed by atoms with E-state index in [0.717, 1.165) is 13.0 Å². The molecule has 2 atom stereocenters. The van der Waals surface area contributed by atoms with Crippen molar-refractivity contribution in [3.8, 4) is 5.75 Å². The summed E-state index contributed by atoms with van der Waals surface area (Å²) in [5.41, 5.74) is 5.64. The fourth-order valence-corrected chi connectivity index (χ4v) is 2.36. The molecule has 2 unspecified atom stereocenters. The molecule has 4 nitrogen and oxygen atoms in total. The van der Waals surface area contributed by atoms with E-state index >= 15 is 0 Å². The van der Waals surface area contributed by atoms with Gasteiger partial charge in [0.25, 0.3) is 0 Å². The molecule has 1 aliphatic rings. The molecule has 0 bridgehead atoms. The molecule has 0 aliphatic carbocycles. The highest BCUT2D eigenvalue weighted by Gasteiger charge is 2.28. The van der Waals surface area contributed by atoms with Crippen LogP contribution in [0.4, 0.5) is 0 Å². The van der Waals surface area contributed by atoms with Gasteiger partial charge in [0, 0.05) is 25.4 Å². The molecule has 20 heavy (non-hydrogen) atoms. The molecule has 6 heteroatoms. The lowest BCUT2D eigenvalue weighted by Gasteiger charge is -2.18. The monoisotopic (exact) mass is 318 g/mol. The molecular weight excluding hydrogens is 299 g/mol. The van der Waals surface area contributed by atoms with E-state index in [1.54, 1.807) is 6.07 Å². The van der Waals surface area contributed by atoms with Gasteiger partial charge in [-0.25, -0.2) is 0 Å². The Kier molecular flexibility index (Phi) is 6.59. The zero-order valence-electron chi connectivity index (χ0n) is 11.4. The fourth-order valence-electron chi connectivity index (χ4n) is 2.18. The van der Waals surface area contributed by atoms with Crippen molar-refractivity contribution >= 4 is 29.9 Å². The second kappa shape index (κ2) is 7.72. The first-order valence-corrected chi connectivity index (χ1v) is 6.88. The molecule has 0 aromatic heterocycles. The Morgan fingerprint density at radius 2 is 2.25 bits per heavy atom. The van der Waals surface area contributed by atoms with E-state index in [1.165, 1.54) is 0 Å². The van der Waals surface area contributed by atoms with Crippen LogP contribution in [0.15, 0.2) is 24.3 Å². The number of nitrogens with two attached hydrogens (primary N) is 1. The maximum Gasteiger partial charge on any atom is 0.224 e. The van der Waals surface area contributed by atoms with Gasteiger partial charge in [0.05, 0.1) is 11.6 Å². The summed E-state index contributed by atoms with van der Waals surface area (Å²) in [7, 11) is 0. The van der Waals surface area contributed by atoms with Gasteiger partial charge in [0.1, 0.15) is 11.9 Å². The average molecular weight is 319 g/mol. The number of nitrogens with zero attached hydrogens (tertiary/aromatic N) is 1. The summed E-state index contributed by atoms with van der Waals surface area (Å²) in [6.45, 7) is 3.17. The lowest BCUT2D eigenvalue weighted by Crippen LogP contribution is -2.34. The molecule has 1 saturated heterocycles. The summed E-state index contributed by atoms with van der Waals surface area (Å²) in [4.78, 5) is 13.7. The van der Waals surface area contributed by atoms with Gasteiger partial charge in [0.2, 0.25) is 5.91 Å². The van der Waals surface area contributed by atoms with Crippen molar-refractivity contribution in [2.24, 2.45) is 5.73 Å². The zero-order valence-corrected chi connectivity index (χ0v) is 13.0. The lowest BCUT2D eigenvalue weighted by atomic mass is 10.2. The molecule has 1 amide bonds. The molecule has 0 radical (unpaired) electrons. The first kappa shape index (κ1) is 17.1. The van der Waals surface area contributed by atoms with Crippen LogP contribution in [0, 0.1) is 0 Å². The van der Waals surface area contributed by atoms with Crippen LogP contribution < -0.4 is 10.5 Å². The number of ether oxygens (including phenoxy) is 1. The summed E-state index contributed by atoms with van der Waals surface area (Å²) in [6.07, 6.45) is 1.23. The molecule has 1 aliphatic heterocycles. The number of hydrogen-bond donors (Lipinski definition) is 1. The van der Waals surface area contributed by atoms with Crippen LogP contribution in [-0.2, 0) is 4.79 Å². The van der Waals surface area contributed by atoms with Gasteiger partial charge in [0.15, 0.2) is 0 Å². The molecule has 0 saturated carbocycles. The number of likely N-dealkylation sites (tertiary alicyclic amines) is 1. The SMILES string of the molecule is CC(N)CC(=O)N1CCC(Oc2ccccc2Cl)C1.Cl. The van der Waals surface area contributed by atoms with Crippen molar-refractivity contribution in [2.75, 3.05) is 13.1 Å². The summed E-state index contributed by atoms with van der Waals surface area (Å²) in [5, 5.41) is 0.600. The van der Waals surface area contributed by atoms with E-state index < -0.39 is 0 Å². The predicted octanol–water partition coefficient (Wildman–Crippen LogP) is 2.48. The van der Waals surface area contributed by atoms with Crippen LogP contribution in [0.3, 0.4) is 0 Å². The van der Waals surface area contributed by atoms with Crippen LogP contribution in [-0.4, -0.2) is 36.0 Å². The number of para-hydroxylation sites is 1. The van der Waals surface area contributed by atoms with Crippen molar-refractivity contribution in [3.63, 3.8) is 0 Å². The summed E-state index contributed by atoms with van der Waals surface area (Å²) in [6, 6.07) is 7.29. The largest absolute Gasteiger partial charge is 0.487 e. The van der Waals surface area contributed by atoms with Gasteiger partial charge >= 0.3 is 0 Å². The minimum Gasteiger partial charge on any atom is -0.487 e. The van der Waals surface area contributed by atoms with Gasteiger partial charge in [-0.15, -0.1) is 12.4 Å². The van der Waals surface area contributed by atoms with E-state index in [2.05, 4.69) is 0 Å². The van der Waals surface area contributed by atoms with Crippen LogP contribution in [0.5, 0.6) is 5.75 Å². The Balaban J connectivity index is 0.00000200. The zero-order chi connectivity index (χ0) is 13.8. The first-order chi connectivity index (χ1) is 9.06. The van der Waals surface area contributed by atoms with E-state index in [4.69, 9.17) is 22.1 Å². The highest BCUT2D eigenvalue weighted by atomic mass is 35.5. The number of rotatable bonds is 4. The van der Waals surface area contributed by atoms with Gasteiger partial charge in [-0.2, -0.15) is 0 Å². The lowest BCUT2D eigenvalue weighted by molar-refractivity contribution is -0.130. The molecule has 1 fully saturated rings. The Labute approximate surface area is 130 Å². The number of carbonyl (C=O) groups excluding carboxylic acids is 1. The third kappa shape index (κ3) is 4.54. The van der Waals surface area contributed by atoms with Crippen LogP contribution in [0.1, 0.15) is 19.8 Å². The van der Waals surface area contributed by atoms with Crippen molar-refractivity contribution in [2.45, 2.75) is 31.9 Å². The quantitative estimate of drug-likeness (QED) is 0.927. The molecule has 1 aromatic rings. The highest BCUT2D eigenvalue weighted by molar-refractivity contribution is 6.32. The molecule has 1 heterocycles. The Morgan fingerprint density at radius 1 is 1.55 bits per heavy atom. The highest BCUT2D eigenvalue weighted by Crippen LogP contribution is 2.26. The minimum atomic E-state index is -0.101. The number of carbonyl (C=O) groups is 1. The van der Waals surface area contributed by atoms with Gasteiger partial charge in [-0.1, -0.05) is 23.7 Å². The van der Waals surface area contributed by atoms with E-state index in [-0.39, 0.29) is 30.5 Å². The van der Waals surface area contributed by atoms with E-state index in [9.17, 15) is 4.79 Å². The average Bonchev–Trinajstić information content (AvgIpc) is 2.80. The van der Waals surface area contributed by atoms with Gasteiger partial charge in [-0.3, -0.25) is 4.79 Å². The predicted molar refractivity (Wildman–Crippen MR) is 82.6 cm³/mol. The Bertz CT molecular complexity index is 455. The molecule has 2 rings (SSSR count). The summed E-state index contributed by atoms with van der Waals surface area (Å²) >= 11 is 6.05. The van der Waals surface area contributed by atoms with Crippen molar-refractivity contribution < 1.29 is 9.53 Å². The number of benzene rings is 1. The first-order valence-electron chi connectivity index (χ1n) is 6.51. The number of halogens is 2. The molecule has 112 valence electrons. The summed E-state index contributed by atoms with van der Waals surface area (Å²) < 4.78 is 5.83. The topological polar surface area (TPSA) is 55.6 Å². The Morgan fingerprint density at radius 3 is 2.90 bits per heavy atom. The summed E-state index contributed by atoms with van der Waals surface area (Å²) in [5.74, 6) is 0.774. The van der Waals surface area contributed by atoms with Gasteiger partial charge in [-0.05, 0) is 19.1 Å². The Hall–Kier alpha value is -0.970. The van der Waals surface area contributed by atoms with Crippen molar-refractivity contribution in [3.05, 3.63) is 29.3 Å². The smallest absolute Gasteiger partial charge is 0.224 e. The van der Waals surface area contributed by atoms with Crippen LogP contribution >= 0.6 is 24.0 Å². The normalized spacial score (nSPS) is 19.4. The van der Waals surface area contributed by atoms with Crippen LogP contribution in [0.2, 0.25) is 5.02 Å².